The lowest BCUT2D eigenvalue weighted by Crippen LogP contribution is -2.48. The van der Waals surface area contributed by atoms with Crippen molar-refractivity contribution in [3.05, 3.63) is 35.4 Å². The molecule has 2 unspecified atom stereocenters. The van der Waals surface area contributed by atoms with Crippen molar-refractivity contribution in [3.8, 4) is 0 Å². The smallest absolute Gasteiger partial charge is 0.194 e. The molecule has 2 atom stereocenters. The number of benzene rings is 1. The summed E-state index contributed by atoms with van der Waals surface area (Å²) >= 11 is 0. The van der Waals surface area contributed by atoms with Crippen molar-refractivity contribution in [2.24, 2.45) is 10.9 Å². The fourth-order valence-electron chi connectivity index (χ4n) is 3.54. The van der Waals surface area contributed by atoms with Crippen LogP contribution in [-0.2, 0) is 4.74 Å². The van der Waals surface area contributed by atoms with Crippen LogP contribution in [0.4, 0.5) is 0 Å². The van der Waals surface area contributed by atoms with Gasteiger partial charge in [0.15, 0.2) is 5.96 Å². The van der Waals surface area contributed by atoms with E-state index in [0.717, 1.165) is 51.4 Å². The van der Waals surface area contributed by atoms with Gasteiger partial charge >= 0.3 is 0 Å². The Morgan fingerprint density at radius 3 is 2.78 bits per heavy atom. The van der Waals surface area contributed by atoms with Gasteiger partial charge in [-0.2, -0.15) is 0 Å². The van der Waals surface area contributed by atoms with Crippen molar-refractivity contribution in [2.75, 3.05) is 39.4 Å². The quantitative estimate of drug-likeness (QED) is 0.332. The van der Waals surface area contributed by atoms with E-state index >= 15 is 0 Å². The molecular weight excluding hydrogens is 453 g/mol. The summed E-state index contributed by atoms with van der Waals surface area (Å²) in [6.45, 7) is 10.7. The van der Waals surface area contributed by atoms with Crippen LogP contribution < -0.4 is 5.32 Å². The first-order valence-electron chi connectivity index (χ1n) is 10.0. The average Bonchev–Trinajstić information content (AvgIpc) is 2.66. The first kappa shape index (κ1) is 24.2. The summed E-state index contributed by atoms with van der Waals surface area (Å²) < 4.78 is 6.05. The molecule has 1 aliphatic rings. The molecule has 0 amide bonds. The molecule has 5 nitrogen and oxygen atoms in total. The number of morpholine rings is 1. The normalized spacial score (nSPS) is 18.7. The molecule has 0 radical (unpaired) electrons. The molecule has 0 spiro atoms. The summed E-state index contributed by atoms with van der Waals surface area (Å²) in [5.74, 6) is 1.42. The zero-order valence-corrected chi connectivity index (χ0v) is 19.3. The topological polar surface area (TPSA) is 57.1 Å². The van der Waals surface area contributed by atoms with Crippen LogP contribution in [0.15, 0.2) is 29.3 Å². The largest absolute Gasteiger partial charge is 0.396 e. The Labute approximate surface area is 181 Å². The van der Waals surface area contributed by atoms with E-state index in [-0.39, 0.29) is 36.7 Å². The summed E-state index contributed by atoms with van der Waals surface area (Å²) in [5.41, 5.74) is 2.53. The highest BCUT2D eigenvalue weighted by molar-refractivity contribution is 14.0. The number of aliphatic imine (C=N–C) groups is 1. The molecule has 0 aliphatic carbocycles. The van der Waals surface area contributed by atoms with Crippen molar-refractivity contribution in [2.45, 2.75) is 46.1 Å². The van der Waals surface area contributed by atoms with Crippen LogP contribution in [-0.4, -0.2) is 55.4 Å². The van der Waals surface area contributed by atoms with Gasteiger partial charge < -0.3 is 20.1 Å². The number of halogens is 1. The van der Waals surface area contributed by atoms with Gasteiger partial charge in [-0.15, -0.1) is 24.0 Å². The summed E-state index contributed by atoms with van der Waals surface area (Å²) in [6, 6.07) is 8.45. The second-order valence-electron chi connectivity index (χ2n) is 7.02. The van der Waals surface area contributed by atoms with Crippen molar-refractivity contribution in [3.63, 3.8) is 0 Å². The zero-order chi connectivity index (χ0) is 18.8. The Bertz CT molecular complexity index is 562. The molecule has 27 heavy (non-hydrogen) atoms. The lowest BCUT2D eigenvalue weighted by molar-refractivity contribution is -0.00835. The number of aryl methyl sites for hydroxylation is 1. The van der Waals surface area contributed by atoms with E-state index in [1.807, 2.05) is 0 Å². The summed E-state index contributed by atoms with van der Waals surface area (Å²) in [5, 5.41) is 12.7. The third-order valence-electron chi connectivity index (χ3n) is 4.97. The molecule has 6 heteroatoms. The van der Waals surface area contributed by atoms with E-state index in [1.165, 1.54) is 11.1 Å². The summed E-state index contributed by atoms with van der Waals surface area (Å²) in [7, 11) is 0. The Morgan fingerprint density at radius 2 is 2.11 bits per heavy atom. The van der Waals surface area contributed by atoms with Gasteiger partial charge in [0.05, 0.1) is 13.2 Å². The van der Waals surface area contributed by atoms with Gasteiger partial charge in [-0.1, -0.05) is 37.6 Å². The molecule has 1 fully saturated rings. The van der Waals surface area contributed by atoms with Gasteiger partial charge in [-0.05, 0) is 43.7 Å². The highest BCUT2D eigenvalue weighted by atomic mass is 127. The minimum Gasteiger partial charge on any atom is -0.396 e. The molecule has 1 aliphatic heterocycles. The van der Waals surface area contributed by atoms with E-state index < -0.39 is 0 Å². The van der Waals surface area contributed by atoms with Crippen LogP contribution in [0.5, 0.6) is 0 Å². The zero-order valence-electron chi connectivity index (χ0n) is 17.0. The average molecular weight is 489 g/mol. The number of rotatable bonds is 8. The van der Waals surface area contributed by atoms with Gasteiger partial charge in [0.25, 0.3) is 0 Å². The van der Waals surface area contributed by atoms with Crippen LogP contribution >= 0.6 is 24.0 Å². The van der Waals surface area contributed by atoms with Crippen LogP contribution in [0.25, 0.3) is 0 Å². The second-order valence-corrected chi connectivity index (χ2v) is 7.02. The lowest BCUT2D eigenvalue weighted by Gasteiger charge is -2.36. The van der Waals surface area contributed by atoms with Gasteiger partial charge in [-0.25, -0.2) is 0 Å². The number of guanidine groups is 1. The van der Waals surface area contributed by atoms with Crippen LogP contribution in [0.2, 0.25) is 0 Å². The van der Waals surface area contributed by atoms with E-state index in [1.54, 1.807) is 0 Å². The first-order valence-corrected chi connectivity index (χ1v) is 10.0. The maximum absolute atomic E-state index is 9.28. The monoisotopic (exact) mass is 489 g/mol. The number of hydrogen-bond donors (Lipinski definition) is 2. The minimum atomic E-state index is 0. The van der Waals surface area contributed by atoms with Crippen molar-refractivity contribution in [1.82, 2.24) is 10.2 Å². The molecule has 0 aromatic heterocycles. The van der Waals surface area contributed by atoms with E-state index in [0.29, 0.717) is 12.5 Å². The molecule has 2 rings (SSSR count). The molecule has 0 saturated carbocycles. The maximum Gasteiger partial charge on any atom is 0.194 e. The van der Waals surface area contributed by atoms with Crippen LogP contribution in [0, 0.1) is 12.8 Å². The molecular formula is C21H36IN3O2. The summed E-state index contributed by atoms with van der Waals surface area (Å²) in [6.07, 6.45) is 3.14. The number of nitrogens with zero attached hydrogens (tertiary/aromatic N) is 2. The number of aliphatic hydroxyl groups is 1. The SMILES string of the molecule is CCCC(CCO)CN=C(NCC)N1CCOC(c2ccccc2C)C1.I. The maximum atomic E-state index is 9.28. The van der Waals surface area contributed by atoms with Gasteiger partial charge in [0.1, 0.15) is 6.10 Å². The molecule has 1 heterocycles. The Balaban J connectivity index is 0.00000364. The molecule has 1 aromatic carbocycles. The second kappa shape index (κ2) is 13.3. The number of nitrogens with one attached hydrogen (secondary N) is 1. The Kier molecular flexibility index (Phi) is 11.9. The van der Waals surface area contributed by atoms with E-state index in [4.69, 9.17) is 9.73 Å². The van der Waals surface area contributed by atoms with Crippen LogP contribution in [0.1, 0.15) is 50.3 Å². The van der Waals surface area contributed by atoms with Gasteiger partial charge in [-0.3, -0.25) is 4.99 Å². The predicted octanol–water partition coefficient (Wildman–Crippen LogP) is 3.75. The lowest BCUT2D eigenvalue weighted by atomic mass is 10.0. The van der Waals surface area contributed by atoms with E-state index in [9.17, 15) is 5.11 Å². The first-order chi connectivity index (χ1) is 12.7. The molecule has 0 bridgehead atoms. The van der Waals surface area contributed by atoms with Gasteiger partial charge in [0, 0.05) is 26.2 Å². The third-order valence-corrected chi connectivity index (χ3v) is 4.97. The van der Waals surface area contributed by atoms with Crippen LogP contribution in [0.3, 0.4) is 0 Å². The highest BCUT2D eigenvalue weighted by Gasteiger charge is 2.25. The highest BCUT2D eigenvalue weighted by Crippen LogP contribution is 2.25. The minimum absolute atomic E-state index is 0. The Morgan fingerprint density at radius 1 is 1.33 bits per heavy atom. The standard InChI is InChI=1S/C21H35N3O2.HI/c1-4-8-18(11-13-25)15-23-21(22-5-2)24-12-14-26-20(16-24)19-10-7-6-9-17(19)3;/h6-7,9-10,18,20,25H,4-5,8,11-16H2,1-3H3,(H,22,23);1H. The number of aliphatic hydroxyl groups excluding tert-OH is 1. The number of ether oxygens (including phenoxy) is 1. The fraction of sp³-hybridized carbons (Fsp3) is 0.667. The van der Waals surface area contributed by atoms with Gasteiger partial charge in [0.2, 0.25) is 0 Å². The molecule has 2 N–H and O–H groups in total. The van der Waals surface area contributed by atoms with Crippen molar-refractivity contribution < 1.29 is 9.84 Å². The summed E-state index contributed by atoms with van der Waals surface area (Å²) in [4.78, 5) is 7.20. The van der Waals surface area contributed by atoms with Crippen molar-refractivity contribution in [1.29, 1.82) is 0 Å². The predicted molar refractivity (Wildman–Crippen MR) is 123 cm³/mol. The number of hydrogen-bond acceptors (Lipinski definition) is 3. The fourth-order valence-corrected chi connectivity index (χ4v) is 3.54. The van der Waals surface area contributed by atoms with Crippen molar-refractivity contribution >= 4 is 29.9 Å². The molecule has 154 valence electrons. The Hall–Kier alpha value is -0.860. The molecule has 1 saturated heterocycles. The third kappa shape index (κ3) is 7.58. The molecule has 1 aromatic rings. The van der Waals surface area contributed by atoms with E-state index in [2.05, 4.69) is 55.3 Å².